The third-order valence-electron chi connectivity index (χ3n) is 2.95. The molecule has 1 heterocycles. The van der Waals surface area contributed by atoms with Crippen LogP contribution >= 0.6 is 0 Å². The molecule has 0 aromatic carbocycles. The minimum atomic E-state index is -0.0917. The van der Waals surface area contributed by atoms with Crippen molar-refractivity contribution >= 4 is 6.03 Å². The van der Waals surface area contributed by atoms with E-state index in [4.69, 9.17) is 0 Å². The zero-order valence-corrected chi connectivity index (χ0v) is 10.8. The van der Waals surface area contributed by atoms with Crippen LogP contribution in [0.25, 0.3) is 0 Å². The van der Waals surface area contributed by atoms with Gasteiger partial charge in [-0.1, -0.05) is 13.3 Å². The molecule has 1 fully saturated rings. The second kappa shape index (κ2) is 6.09. The molecule has 0 radical (unpaired) electrons. The number of hydrogen-bond acceptors (Lipinski definition) is 2. The van der Waals surface area contributed by atoms with Gasteiger partial charge in [-0.15, -0.1) is 0 Å². The van der Waals surface area contributed by atoms with E-state index in [-0.39, 0.29) is 11.6 Å². The number of urea groups is 1. The van der Waals surface area contributed by atoms with Gasteiger partial charge in [-0.05, 0) is 33.2 Å². The fourth-order valence-corrected chi connectivity index (χ4v) is 2.10. The van der Waals surface area contributed by atoms with Gasteiger partial charge in [0.05, 0.1) is 0 Å². The van der Waals surface area contributed by atoms with E-state index in [1.165, 1.54) is 0 Å². The van der Waals surface area contributed by atoms with E-state index in [0.29, 0.717) is 0 Å². The van der Waals surface area contributed by atoms with Crippen molar-refractivity contribution in [2.45, 2.75) is 45.6 Å². The molecule has 4 heteroatoms. The Labute approximate surface area is 98.8 Å². The third kappa shape index (κ3) is 4.39. The van der Waals surface area contributed by atoms with Crippen molar-refractivity contribution in [1.82, 2.24) is 15.5 Å². The van der Waals surface area contributed by atoms with Crippen molar-refractivity contribution in [2.24, 2.45) is 0 Å². The second-order valence-electron chi connectivity index (χ2n) is 5.15. The van der Waals surface area contributed by atoms with Crippen LogP contribution < -0.4 is 10.6 Å². The van der Waals surface area contributed by atoms with Gasteiger partial charge in [0.1, 0.15) is 0 Å². The average Bonchev–Trinajstić information content (AvgIpc) is 2.44. The van der Waals surface area contributed by atoms with E-state index >= 15 is 0 Å². The van der Waals surface area contributed by atoms with Crippen molar-refractivity contribution in [3.05, 3.63) is 0 Å². The van der Waals surface area contributed by atoms with E-state index in [9.17, 15) is 4.79 Å². The highest BCUT2D eigenvalue weighted by Crippen LogP contribution is 2.11. The number of carbonyl (C=O) groups is 1. The van der Waals surface area contributed by atoms with Crippen LogP contribution in [-0.4, -0.2) is 42.6 Å². The maximum atomic E-state index is 12.0. The molecule has 1 saturated heterocycles. The van der Waals surface area contributed by atoms with Crippen LogP contribution in [0.2, 0.25) is 0 Å². The lowest BCUT2D eigenvalue weighted by Crippen LogP contribution is -2.50. The first-order valence-electron chi connectivity index (χ1n) is 6.33. The largest absolute Gasteiger partial charge is 0.333 e. The highest BCUT2D eigenvalue weighted by atomic mass is 16.2. The normalized spacial score (nSPS) is 18.1. The van der Waals surface area contributed by atoms with E-state index in [1.54, 1.807) is 0 Å². The predicted molar refractivity (Wildman–Crippen MR) is 66.6 cm³/mol. The number of amides is 2. The van der Waals surface area contributed by atoms with E-state index in [1.807, 2.05) is 4.90 Å². The fourth-order valence-electron chi connectivity index (χ4n) is 2.10. The second-order valence-corrected chi connectivity index (χ2v) is 5.15. The van der Waals surface area contributed by atoms with Gasteiger partial charge >= 0.3 is 6.03 Å². The first-order valence-corrected chi connectivity index (χ1v) is 6.33. The quantitative estimate of drug-likeness (QED) is 0.768. The molecule has 0 saturated carbocycles. The van der Waals surface area contributed by atoms with Gasteiger partial charge in [0.25, 0.3) is 0 Å². The molecule has 0 aromatic rings. The third-order valence-corrected chi connectivity index (χ3v) is 2.95. The molecule has 1 rings (SSSR count). The van der Waals surface area contributed by atoms with Crippen LogP contribution in [0.4, 0.5) is 4.79 Å². The molecule has 0 aromatic heterocycles. The van der Waals surface area contributed by atoms with Crippen LogP contribution in [-0.2, 0) is 0 Å². The van der Waals surface area contributed by atoms with Crippen molar-refractivity contribution in [2.75, 3.05) is 26.2 Å². The minimum absolute atomic E-state index is 0.0853. The standard InChI is InChI=1S/C12H25N3O/c1-4-6-12(2,3)14-11(16)15-9-5-7-13-8-10-15/h13H,4-10H2,1-3H3,(H,14,16). The molecule has 0 aliphatic carbocycles. The molecular formula is C12H25N3O. The van der Waals surface area contributed by atoms with Gasteiger partial charge in [0.2, 0.25) is 0 Å². The molecule has 2 N–H and O–H groups in total. The highest BCUT2D eigenvalue weighted by Gasteiger charge is 2.23. The molecule has 1 aliphatic rings. The van der Waals surface area contributed by atoms with Crippen LogP contribution in [0.5, 0.6) is 0 Å². The van der Waals surface area contributed by atoms with Crippen LogP contribution in [0, 0.1) is 0 Å². The Balaban J connectivity index is 2.43. The maximum absolute atomic E-state index is 12.0. The van der Waals surface area contributed by atoms with Gasteiger partial charge in [-0.25, -0.2) is 4.79 Å². The summed E-state index contributed by atoms with van der Waals surface area (Å²) >= 11 is 0. The summed E-state index contributed by atoms with van der Waals surface area (Å²) in [5, 5.41) is 6.41. The Morgan fingerprint density at radius 3 is 2.81 bits per heavy atom. The Morgan fingerprint density at radius 1 is 1.38 bits per heavy atom. The SMILES string of the molecule is CCCC(C)(C)NC(=O)N1CCCNCC1. The fraction of sp³-hybridized carbons (Fsp3) is 0.917. The number of nitrogens with zero attached hydrogens (tertiary/aromatic N) is 1. The number of rotatable bonds is 3. The van der Waals surface area contributed by atoms with Crippen LogP contribution in [0.1, 0.15) is 40.0 Å². The van der Waals surface area contributed by atoms with E-state index < -0.39 is 0 Å². The zero-order valence-electron chi connectivity index (χ0n) is 10.8. The molecule has 94 valence electrons. The van der Waals surface area contributed by atoms with Gasteiger partial charge in [0.15, 0.2) is 0 Å². The first-order chi connectivity index (χ1) is 7.55. The monoisotopic (exact) mass is 227 g/mol. The summed E-state index contributed by atoms with van der Waals surface area (Å²) in [5.41, 5.74) is -0.0917. The van der Waals surface area contributed by atoms with Crippen molar-refractivity contribution in [1.29, 1.82) is 0 Å². The van der Waals surface area contributed by atoms with Gasteiger partial charge < -0.3 is 15.5 Å². The smallest absolute Gasteiger partial charge is 0.317 e. The summed E-state index contributed by atoms with van der Waals surface area (Å²) in [5.74, 6) is 0. The van der Waals surface area contributed by atoms with E-state index in [2.05, 4.69) is 31.4 Å². The van der Waals surface area contributed by atoms with Crippen molar-refractivity contribution < 1.29 is 4.79 Å². The van der Waals surface area contributed by atoms with E-state index in [0.717, 1.165) is 45.4 Å². The summed E-state index contributed by atoms with van der Waals surface area (Å²) < 4.78 is 0. The zero-order chi connectivity index (χ0) is 12.0. The van der Waals surface area contributed by atoms with Gasteiger partial charge in [-0.3, -0.25) is 0 Å². The molecule has 0 spiro atoms. The number of carbonyl (C=O) groups excluding carboxylic acids is 1. The lowest BCUT2D eigenvalue weighted by Gasteiger charge is -2.30. The Hall–Kier alpha value is -0.770. The van der Waals surface area contributed by atoms with Gasteiger partial charge in [-0.2, -0.15) is 0 Å². The van der Waals surface area contributed by atoms with Crippen LogP contribution in [0.15, 0.2) is 0 Å². The molecule has 0 atom stereocenters. The minimum Gasteiger partial charge on any atom is -0.333 e. The Kier molecular flexibility index (Phi) is 5.06. The number of nitrogens with one attached hydrogen (secondary N) is 2. The molecular weight excluding hydrogens is 202 g/mol. The molecule has 0 unspecified atom stereocenters. The van der Waals surface area contributed by atoms with Gasteiger partial charge in [0, 0.05) is 25.2 Å². The highest BCUT2D eigenvalue weighted by molar-refractivity contribution is 5.75. The van der Waals surface area contributed by atoms with Crippen molar-refractivity contribution in [3.8, 4) is 0 Å². The lowest BCUT2D eigenvalue weighted by molar-refractivity contribution is 0.188. The van der Waals surface area contributed by atoms with Crippen molar-refractivity contribution in [3.63, 3.8) is 0 Å². The number of hydrogen-bond donors (Lipinski definition) is 2. The lowest BCUT2D eigenvalue weighted by atomic mass is 9.99. The summed E-state index contributed by atoms with van der Waals surface area (Å²) in [4.78, 5) is 13.9. The average molecular weight is 227 g/mol. The molecule has 16 heavy (non-hydrogen) atoms. The summed E-state index contributed by atoms with van der Waals surface area (Å²) in [6, 6.07) is 0.0853. The summed E-state index contributed by atoms with van der Waals surface area (Å²) in [6.07, 6.45) is 3.15. The summed E-state index contributed by atoms with van der Waals surface area (Å²) in [6.45, 7) is 9.91. The first kappa shape index (κ1) is 13.3. The maximum Gasteiger partial charge on any atom is 0.317 e. The predicted octanol–water partition coefficient (Wildman–Crippen LogP) is 1.57. The topological polar surface area (TPSA) is 44.4 Å². The Bertz CT molecular complexity index is 220. The molecule has 2 amide bonds. The molecule has 1 aliphatic heterocycles. The van der Waals surface area contributed by atoms with Crippen LogP contribution in [0.3, 0.4) is 0 Å². The Morgan fingerprint density at radius 2 is 2.12 bits per heavy atom. The molecule has 4 nitrogen and oxygen atoms in total. The summed E-state index contributed by atoms with van der Waals surface area (Å²) in [7, 11) is 0. The molecule has 0 bridgehead atoms.